The minimum Gasteiger partial charge on any atom is -0.348 e. The number of carbonyl (C=O) groups is 2. The molecule has 2 rings (SSSR count). The van der Waals surface area contributed by atoms with Gasteiger partial charge < -0.3 is 10.2 Å². The first kappa shape index (κ1) is 19.7. The Bertz CT molecular complexity index is 746. The number of benzene rings is 2. The highest BCUT2D eigenvalue weighted by Crippen LogP contribution is 2.25. The zero-order valence-corrected chi connectivity index (χ0v) is 16.2. The molecule has 1 atom stereocenters. The summed E-state index contributed by atoms with van der Waals surface area (Å²) in [5.41, 5.74) is 2.99. The van der Waals surface area contributed by atoms with Gasteiger partial charge in [-0.3, -0.25) is 9.59 Å². The average molecular weight is 352 g/mol. The fraction of sp³-hybridized carbons (Fsp3) is 0.364. The molecular formula is C22H28N2O2. The first-order valence-corrected chi connectivity index (χ1v) is 8.91. The van der Waals surface area contributed by atoms with E-state index < -0.39 is 0 Å². The van der Waals surface area contributed by atoms with Crippen LogP contribution in [0.5, 0.6) is 0 Å². The van der Waals surface area contributed by atoms with Crippen molar-refractivity contribution in [2.75, 3.05) is 11.4 Å². The van der Waals surface area contributed by atoms with Crippen LogP contribution in [0.15, 0.2) is 54.6 Å². The third-order valence-electron chi connectivity index (χ3n) is 4.40. The van der Waals surface area contributed by atoms with Gasteiger partial charge in [-0.05, 0) is 35.6 Å². The van der Waals surface area contributed by atoms with E-state index in [1.54, 1.807) is 0 Å². The molecule has 0 aliphatic heterocycles. The van der Waals surface area contributed by atoms with E-state index in [0.717, 1.165) is 11.3 Å². The Hall–Kier alpha value is -2.62. The summed E-state index contributed by atoms with van der Waals surface area (Å²) in [6.45, 7) is 9.84. The van der Waals surface area contributed by atoms with Crippen molar-refractivity contribution in [2.24, 2.45) is 0 Å². The predicted octanol–water partition coefficient (Wildman–Crippen LogP) is 4.21. The molecule has 0 aliphatic carbocycles. The van der Waals surface area contributed by atoms with E-state index in [0.29, 0.717) is 0 Å². The number of hydrogen-bond donors (Lipinski definition) is 1. The lowest BCUT2D eigenvalue weighted by Crippen LogP contribution is -2.40. The van der Waals surface area contributed by atoms with Crippen molar-refractivity contribution in [1.29, 1.82) is 0 Å². The number of rotatable bonds is 5. The van der Waals surface area contributed by atoms with Crippen LogP contribution in [0.25, 0.3) is 0 Å². The zero-order valence-electron chi connectivity index (χ0n) is 16.2. The lowest BCUT2D eigenvalue weighted by molar-refractivity contribution is -0.123. The largest absolute Gasteiger partial charge is 0.348 e. The van der Waals surface area contributed by atoms with Crippen molar-refractivity contribution in [3.63, 3.8) is 0 Å². The molecule has 0 radical (unpaired) electrons. The van der Waals surface area contributed by atoms with Crippen LogP contribution in [-0.4, -0.2) is 18.4 Å². The SMILES string of the molecule is CC(=O)N(CC(=O)NC(C)c1ccccc1)c1ccc(C(C)(C)C)cc1. The highest BCUT2D eigenvalue weighted by Gasteiger charge is 2.19. The Morgan fingerprint density at radius 1 is 1.00 bits per heavy atom. The molecule has 0 aromatic heterocycles. The van der Waals surface area contributed by atoms with E-state index in [2.05, 4.69) is 26.1 Å². The molecule has 138 valence electrons. The molecule has 4 nitrogen and oxygen atoms in total. The van der Waals surface area contributed by atoms with Gasteiger partial charge in [-0.15, -0.1) is 0 Å². The van der Waals surface area contributed by atoms with Crippen molar-refractivity contribution >= 4 is 17.5 Å². The van der Waals surface area contributed by atoms with Crippen LogP contribution in [0, 0.1) is 0 Å². The molecule has 0 heterocycles. The Morgan fingerprint density at radius 3 is 2.08 bits per heavy atom. The summed E-state index contributed by atoms with van der Waals surface area (Å²) in [6, 6.07) is 17.5. The van der Waals surface area contributed by atoms with E-state index in [4.69, 9.17) is 0 Å². The summed E-state index contributed by atoms with van der Waals surface area (Å²) in [5.74, 6) is -0.340. The van der Waals surface area contributed by atoms with Crippen LogP contribution in [0.3, 0.4) is 0 Å². The number of nitrogens with one attached hydrogen (secondary N) is 1. The van der Waals surface area contributed by atoms with Gasteiger partial charge in [0.25, 0.3) is 0 Å². The molecule has 0 saturated heterocycles. The van der Waals surface area contributed by atoms with Crippen LogP contribution >= 0.6 is 0 Å². The first-order valence-electron chi connectivity index (χ1n) is 8.91. The lowest BCUT2D eigenvalue weighted by Gasteiger charge is -2.24. The van der Waals surface area contributed by atoms with Gasteiger partial charge in [0.05, 0.1) is 6.04 Å². The second-order valence-corrected chi connectivity index (χ2v) is 7.60. The molecule has 0 bridgehead atoms. The molecule has 0 fully saturated rings. The monoisotopic (exact) mass is 352 g/mol. The maximum atomic E-state index is 12.4. The van der Waals surface area contributed by atoms with Gasteiger partial charge >= 0.3 is 0 Å². The van der Waals surface area contributed by atoms with E-state index >= 15 is 0 Å². The van der Waals surface area contributed by atoms with Crippen LogP contribution in [0.1, 0.15) is 51.8 Å². The number of amides is 2. The van der Waals surface area contributed by atoms with Gasteiger partial charge in [-0.2, -0.15) is 0 Å². The maximum absolute atomic E-state index is 12.4. The average Bonchev–Trinajstić information content (AvgIpc) is 2.59. The van der Waals surface area contributed by atoms with Crippen molar-refractivity contribution in [2.45, 2.75) is 46.1 Å². The molecular weight excluding hydrogens is 324 g/mol. The lowest BCUT2D eigenvalue weighted by atomic mass is 9.87. The Balaban J connectivity index is 2.08. The number of hydrogen-bond acceptors (Lipinski definition) is 2. The van der Waals surface area contributed by atoms with Gasteiger partial charge in [0, 0.05) is 12.6 Å². The van der Waals surface area contributed by atoms with Crippen molar-refractivity contribution in [3.05, 3.63) is 65.7 Å². The molecule has 4 heteroatoms. The smallest absolute Gasteiger partial charge is 0.240 e. The summed E-state index contributed by atoms with van der Waals surface area (Å²) >= 11 is 0. The standard InChI is InChI=1S/C22H28N2O2/c1-16(18-9-7-6-8-10-18)23-21(26)15-24(17(2)25)20-13-11-19(12-14-20)22(3,4)5/h6-14,16H,15H2,1-5H3,(H,23,26). The Kier molecular flexibility index (Phi) is 6.19. The topological polar surface area (TPSA) is 49.4 Å². The number of nitrogens with zero attached hydrogens (tertiary/aromatic N) is 1. The van der Waals surface area contributed by atoms with E-state index in [-0.39, 0.29) is 29.8 Å². The maximum Gasteiger partial charge on any atom is 0.240 e. The normalized spacial score (nSPS) is 12.3. The van der Waals surface area contributed by atoms with E-state index in [1.807, 2.05) is 61.5 Å². The molecule has 26 heavy (non-hydrogen) atoms. The molecule has 2 aromatic rings. The Labute approximate surface area is 156 Å². The summed E-state index contributed by atoms with van der Waals surface area (Å²) in [4.78, 5) is 26.0. The molecule has 1 N–H and O–H groups in total. The Morgan fingerprint density at radius 2 is 1.58 bits per heavy atom. The second-order valence-electron chi connectivity index (χ2n) is 7.60. The highest BCUT2D eigenvalue weighted by molar-refractivity contribution is 5.97. The summed E-state index contributed by atoms with van der Waals surface area (Å²) in [5, 5.41) is 2.95. The number of anilines is 1. The molecule has 1 unspecified atom stereocenters. The summed E-state index contributed by atoms with van der Waals surface area (Å²) < 4.78 is 0. The molecule has 2 amide bonds. The van der Waals surface area contributed by atoms with Crippen LogP contribution in [-0.2, 0) is 15.0 Å². The fourth-order valence-electron chi connectivity index (χ4n) is 2.78. The van der Waals surface area contributed by atoms with Gasteiger partial charge in [0.15, 0.2) is 0 Å². The molecule has 0 saturated carbocycles. The first-order chi connectivity index (χ1) is 12.2. The number of carbonyl (C=O) groups excluding carboxylic acids is 2. The van der Waals surface area contributed by atoms with Crippen molar-refractivity contribution in [3.8, 4) is 0 Å². The van der Waals surface area contributed by atoms with Gasteiger partial charge in [-0.25, -0.2) is 0 Å². The minimum atomic E-state index is -0.184. The van der Waals surface area contributed by atoms with E-state index in [1.165, 1.54) is 17.4 Å². The van der Waals surface area contributed by atoms with Gasteiger partial charge in [-0.1, -0.05) is 63.2 Å². The van der Waals surface area contributed by atoms with Crippen LogP contribution in [0.4, 0.5) is 5.69 Å². The fourth-order valence-corrected chi connectivity index (χ4v) is 2.78. The third-order valence-corrected chi connectivity index (χ3v) is 4.40. The van der Waals surface area contributed by atoms with Crippen LogP contribution in [0.2, 0.25) is 0 Å². The van der Waals surface area contributed by atoms with Crippen molar-refractivity contribution < 1.29 is 9.59 Å². The zero-order chi connectivity index (χ0) is 19.3. The summed E-state index contributed by atoms with van der Waals surface area (Å²) in [7, 11) is 0. The van der Waals surface area contributed by atoms with Crippen molar-refractivity contribution in [1.82, 2.24) is 5.32 Å². The van der Waals surface area contributed by atoms with Gasteiger partial charge in [0.2, 0.25) is 11.8 Å². The second kappa shape index (κ2) is 8.17. The molecule has 0 aliphatic rings. The van der Waals surface area contributed by atoms with Gasteiger partial charge in [0.1, 0.15) is 6.54 Å². The van der Waals surface area contributed by atoms with Crippen LogP contribution < -0.4 is 10.2 Å². The quantitative estimate of drug-likeness (QED) is 0.876. The minimum absolute atomic E-state index is 0.00136. The summed E-state index contributed by atoms with van der Waals surface area (Å²) in [6.07, 6.45) is 0. The molecule has 2 aromatic carbocycles. The van der Waals surface area contributed by atoms with E-state index in [9.17, 15) is 9.59 Å². The molecule has 0 spiro atoms. The third kappa shape index (κ3) is 5.19. The highest BCUT2D eigenvalue weighted by atomic mass is 16.2. The predicted molar refractivity (Wildman–Crippen MR) is 106 cm³/mol.